The molecule has 0 radical (unpaired) electrons. The van der Waals surface area contributed by atoms with Gasteiger partial charge in [-0.05, 0) is 25.0 Å². The molecule has 0 spiro atoms. The van der Waals surface area contributed by atoms with Crippen molar-refractivity contribution in [3.8, 4) is 11.4 Å². The molecule has 1 aromatic carbocycles. The Hall–Kier alpha value is -1.13. The van der Waals surface area contributed by atoms with Gasteiger partial charge in [-0.3, -0.25) is 0 Å². The first-order valence-corrected chi connectivity index (χ1v) is 6.52. The molecule has 1 aliphatic heterocycles. The van der Waals surface area contributed by atoms with Crippen molar-refractivity contribution >= 4 is 15.9 Å². The average Bonchev–Trinajstić information content (AvgIpc) is 2.71. The number of aryl methyl sites for hydroxylation is 1. The Kier molecular flexibility index (Phi) is 2.76. The summed E-state index contributed by atoms with van der Waals surface area (Å²) in [5.74, 6) is 0.944. The number of hydrogen-bond acceptors (Lipinski definition) is 2. The van der Waals surface area contributed by atoms with Crippen LogP contribution < -0.4 is 0 Å². The Morgan fingerprint density at radius 1 is 1.41 bits per heavy atom. The molecule has 3 nitrogen and oxygen atoms in total. The summed E-state index contributed by atoms with van der Waals surface area (Å²) >= 11 is 3.47. The van der Waals surface area contributed by atoms with E-state index in [1.807, 2.05) is 24.4 Å². The quantitative estimate of drug-likeness (QED) is 0.877. The van der Waals surface area contributed by atoms with E-state index in [1.54, 1.807) is 0 Å². The van der Waals surface area contributed by atoms with Crippen molar-refractivity contribution < 1.29 is 5.11 Å². The molecule has 1 atom stereocenters. The molecule has 0 bridgehead atoms. The van der Waals surface area contributed by atoms with Crippen LogP contribution in [0.5, 0.6) is 0 Å². The van der Waals surface area contributed by atoms with Crippen LogP contribution in [0.15, 0.2) is 34.9 Å². The van der Waals surface area contributed by atoms with E-state index in [-0.39, 0.29) is 6.10 Å². The zero-order valence-electron chi connectivity index (χ0n) is 9.31. The van der Waals surface area contributed by atoms with Crippen LogP contribution in [0.3, 0.4) is 0 Å². The smallest absolute Gasteiger partial charge is 0.140 e. The third kappa shape index (κ3) is 2.03. The van der Waals surface area contributed by atoms with E-state index in [0.717, 1.165) is 28.7 Å². The zero-order chi connectivity index (χ0) is 11.8. The molecule has 1 unspecified atom stereocenters. The number of fused-ring (bicyclic) bond motifs is 1. The van der Waals surface area contributed by atoms with Gasteiger partial charge in [0.05, 0.1) is 12.6 Å². The maximum absolute atomic E-state index is 9.74. The fourth-order valence-electron chi connectivity index (χ4n) is 2.29. The lowest BCUT2D eigenvalue weighted by atomic mass is 10.1. The highest BCUT2D eigenvalue weighted by Gasteiger charge is 2.20. The van der Waals surface area contributed by atoms with Crippen LogP contribution in [-0.2, 0) is 13.0 Å². The molecule has 17 heavy (non-hydrogen) atoms. The minimum Gasteiger partial charge on any atom is -0.391 e. The molecule has 4 heteroatoms. The molecular formula is C13H13BrN2O. The summed E-state index contributed by atoms with van der Waals surface area (Å²) in [7, 11) is 0. The first-order valence-electron chi connectivity index (χ1n) is 5.72. The normalized spacial score (nSPS) is 19.1. The minimum atomic E-state index is -0.248. The summed E-state index contributed by atoms with van der Waals surface area (Å²) in [6, 6.07) is 8.09. The largest absolute Gasteiger partial charge is 0.391 e. The number of aromatic nitrogens is 2. The number of nitrogens with zero attached hydrogens (tertiary/aromatic N) is 2. The molecule has 1 aromatic heterocycles. The van der Waals surface area contributed by atoms with Gasteiger partial charge in [0.25, 0.3) is 0 Å². The van der Waals surface area contributed by atoms with Crippen LogP contribution >= 0.6 is 15.9 Å². The maximum atomic E-state index is 9.74. The van der Waals surface area contributed by atoms with Crippen LogP contribution in [0.25, 0.3) is 11.4 Å². The molecule has 3 rings (SSSR count). The predicted molar refractivity (Wildman–Crippen MR) is 69.7 cm³/mol. The fraction of sp³-hybridized carbons (Fsp3) is 0.308. The lowest BCUT2D eigenvalue weighted by Gasteiger charge is -2.21. The van der Waals surface area contributed by atoms with Crippen LogP contribution in [0.1, 0.15) is 12.1 Å². The van der Waals surface area contributed by atoms with Crippen LogP contribution in [-0.4, -0.2) is 20.8 Å². The van der Waals surface area contributed by atoms with E-state index in [4.69, 9.17) is 0 Å². The van der Waals surface area contributed by atoms with Gasteiger partial charge in [-0.2, -0.15) is 0 Å². The second-order valence-electron chi connectivity index (χ2n) is 4.39. The Morgan fingerprint density at radius 3 is 3.12 bits per heavy atom. The van der Waals surface area contributed by atoms with Crippen molar-refractivity contribution in [2.45, 2.75) is 25.5 Å². The minimum absolute atomic E-state index is 0.248. The highest BCUT2D eigenvalue weighted by atomic mass is 79.9. The number of aliphatic hydroxyl groups is 1. The molecule has 1 aliphatic rings. The topological polar surface area (TPSA) is 38.1 Å². The van der Waals surface area contributed by atoms with Gasteiger partial charge in [0, 0.05) is 21.9 Å². The monoisotopic (exact) mass is 292 g/mol. The highest BCUT2D eigenvalue weighted by molar-refractivity contribution is 9.10. The van der Waals surface area contributed by atoms with Crippen LogP contribution in [0.4, 0.5) is 0 Å². The maximum Gasteiger partial charge on any atom is 0.140 e. The molecule has 2 heterocycles. The summed E-state index contributed by atoms with van der Waals surface area (Å²) in [5.41, 5.74) is 2.30. The molecule has 0 saturated heterocycles. The van der Waals surface area contributed by atoms with E-state index in [9.17, 15) is 5.11 Å². The fourth-order valence-corrected chi connectivity index (χ4v) is 2.69. The SMILES string of the molecule is OC1CCc2cnc(-c3cccc(Br)c3)n2C1. The first kappa shape index (κ1) is 11.0. The average molecular weight is 293 g/mol. The van der Waals surface area contributed by atoms with E-state index >= 15 is 0 Å². The van der Waals surface area contributed by atoms with Gasteiger partial charge in [-0.1, -0.05) is 28.1 Å². The second-order valence-corrected chi connectivity index (χ2v) is 5.30. The Bertz CT molecular complexity index is 550. The van der Waals surface area contributed by atoms with Crippen molar-refractivity contribution in [3.05, 3.63) is 40.6 Å². The van der Waals surface area contributed by atoms with Gasteiger partial charge >= 0.3 is 0 Å². The molecular weight excluding hydrogens is 280 g/mol. The summed E-state index contributed by atoms with van der Waals surface area (Å²) in [6.45, 7) is 0.650. The number of imidazole rings is 1. The summed E-state index contributed by atoms with van der Waals surface area (Å²) in [5, 5.41) is 9.74. The zero-order valence-corrected chi connectivity index (χ0v) is 10.9. The third-order valence-corrected chi connectivity index (χ3v) is 3.64. The first-order chi connectivity index (χ1) is 8.24. The molecule has 0 fully saturated rings. The summed E-state index contributed by atoms with van der Waals surface area (Å²) < 4.78 is 3.17. The Morgan fingerprint density at radius 2 is 2.29 bits per heavy atom. The van der Waals surface area contributed by atoms with Gasteiger partial charge < -0.3 is 9.67 Å². The summed E-state index contributed by atoms with van der Waals surface area (Å²) in [4.78, 5) is 4.47. The summed E-state index contributed by atoms with van der Waals surface area (Å²) in [6.07, 6.45) is 3.41. The standard InChI is InChI=1S/C13H13BrN2O/c14-10-3-1-2-9(6-10)13-15-7-11-4-5-12(17)8-16(11)13/h1-3,6-7,12,17H,4-5,8H2. The lowest BCUT2D eigenvalue weighted by molar-refractivity contribution is 0.132. The number of aliphatic hydroxyl groups excluding tert-OH is 1. The van der Waals surface area contributed by atoms with Crippen molar-refractivity contribution in [2.24, 2.45) is 0 Å². The molecule has 88 valence electrons. The van der Waals surface area contributed by atoms with Gasteiger partial charge in [0.15, 0.2) is 0 Å². The van der Waals surface area contributed by atoms with E-state index in [0.29, 0.717) is 6.54 Å². The number of halogens is 1. The molecule has 0 saturated carbocycles. The van der Waals surface area contributed by atoms with Gasteiger partial charge in [0.1, 0.15) is 5.82 Å². The van der Waals surface area contributed by atoms with Gasteiger partial charge in [0.2, 0.25) is 0 Å². The van der Waals surface area contributed by atoms with E-state index in [2.05, 4.69) is 31.5 Å². The van der Waals surface area contributed by atoms with Crippen molar-refractivity contribution in [3.63, 3.8) is 0 Å². The molecule has 0 amide bonds. The number of rotatable bonds is 1. The Labute approximate surface area is 108 Å². The van der Waals surface area contributed by atoms with E-state index in [1.165, 1.54) is 5.69 Å². The third-order valence-electron chi connectivity index (χ3n) is 3.15. The van der Waals surface area contributed by atoms with Crippen LogP contribution in [0, 0.1) is 0 Å². The van der Waals surface area contributed by atoms with Crippen LogP contribution in [0.2, 0.25) is 0 Å². The number of benzene rings is 1. The molecule has 1 N–H and O–H groups in total. The van der Waals surface area contributed by atoms with Crippen molar-refractivity contribution in [1.82, 2.24) is 9.55 Å². The predicted octanol–water partition coefficient (Wildman–Crippen LogP) is 2.62. The molecule has 0 aliphatic carbocycles. The van der Waals surface area contributed by atoms with E-state index < -0.39 is 0 Å². The lowest BCUT2D eigenvalue weighted by Crippen LogP contribution is -2.24. The van der Waals surface area contributed by atoms with Gasteiger partial charge in [-0.15, -0.1) is 0 Å². The highest BCUT2D eigenvalue weighted by Crippen LogP contribution is 2.26. The second kappa shape index (κ2) is 4.27. The molecule has 2 aromatic rings. The van der Waals surface area contributed by atoms with Crippen molar-refractivity contribution in [2.75, 3.05) is 0 Å². The van der Waals surface area contributed by atoms with Crippen molar-refractivity contribution in [1.29, 1.82) is 0 Å². The Balaban J connectivity index is 2.07. The van der Waals surface area contributed by atoms with Gasteiger partial charge in [-0.25, -0.2) is 4.98 Å². The number of hydrogen-bond donors (Lipinski definition) is 1.